The predicted molar refractivity (Wildman–Crippen MR) is 92.4 cm³/mol. The number of ether oxygens (including phenoxy) is 1. The van der Waals surface area contributed by atoms with Crippen molar-refractivity contribution in [2.45, 2.75) is 26.2 Å². The fourth-order valence-corrected chi connectivity index (χ4v) is 2.57. The summed E-state index contributed by atoms with van der Waals surface area (Å²) in [5.41, 5.74) is 4.58. The third kappa shape index (κ3) is 2.69. The Balaban J connectivity index is 2.25. The molecule has 0 saturated carbocycles. The second kappa shape index (κ2) is 5.45. The van der Waals surface area contributed by atoms with Crippen molar-refractivity contribution in [3.63, 3.8) is 0 Å². The van der Waals surface area contributed by atoms with Gasteiger partial charge in [-0.2, -0.15) is 0 Å². The van der Waals surface area contributed by atoms with E-state index in [1.54, 1.807) is 7.11 Å². The third-order valence-corrected chi connectivity index (χ3v) is 3.89. The molecule has 2 heteroatoms. The fraction of sp³-hybridized carbons (Fsp3) is 0.250. The summed E-state index contributed by atoms with van der Waals surface area (Å²) >= 11 is 0. The van der Waals surface area contributed by atoms with Crippen molar-refractivity contribution < 1.29 is 4.74 Å². The lowest BCUT2D eigenvalue weighted by Crippen LogP contribution is -2.13. The van der Waals surface area contributed by atoms with Crippen molar-refractivity contribution in [2.75, 3.05) is 7.11 Å². The van der Waals surface area contributed by atoms with Crippen LogP contribution in [0.1, 0.15) is 26.5 Å². The minimum atomic E-state index is 0.0191. The highest BCUT2D eigenvalue weighted by atomic mass is 16.5. The van der Waals surface area contributed by atoms with Crippen molar-refractivity contribution in [2.24, 2.45) is 0 Å². The van der Waals surface area contributed by atoms with Crippen LogP contribution >= 0.6 is 0 Å². The number of pyridine rings is 1. The van der Waals surface area contributed by atoms with Gasteiger partial charge in [-0.1, -0.05) is 51.1 Å². The Hall–Kier alpha value is -2.35. The van der Waals surface area contributed by atoms with Gasteiger partial charge in [0.05, 0.1) is 12.6 Å². The van der Waals surface area contributed by atoms with E-state index < -0.39 is 0 Å². The zero-order valence-corrected chi connectivity index (χ0v) is 13.6. The molecule has 0 N–H and O–H groups in total. The van der Waals surface area contributed by atoms with Crippen LogP contribution in [0, 0.1) is 0 Å². The van der Waals surface area contributed by atoms with Gasteiger partial charge in [-0.15, -0.1) is 0 Å². The molecule has 0 fully saturated rings. The van der Waals surface area contributed by atoms with E-state index in [1.807, 2.05) is 18.2 Å². The fourth-order valence-electron chi connectivity index (χ4n) is 2.57. The maximum Gasteiger partial charge on any atom is 0.118 e. The second-order valence-electron chi connectivity index (χ2n) is 6.55. The standard InChI is InChI=1S/C20H21NO/c1-20(2,3)19-13-17(14-9-11-15(22-4)12-10-14)16-7-5-6-8-18(16)21-19/h5-13H,1-4H3. The summed E-state index contributed by atoms with van der Waals surface area (Å²) < 4.78 is 5.26. The van der Waals surface area contributed by atoms with Crippen LogP contribution < -0.4 is 4.74 Å². The van der Waals surface area contributed by atoms with Crippen LogP contribution in [0.15, 0.2) is 54.6 Å². The highest BCUT2D eigenvalue weighted by Crippen LogP contribution is 2.33. The lowest BCUT2D eigenvalue weighted by atomic mass is 9.88. The number of hydrogen-bond acceptors (Lipinski definition) is 2. The summed E-state index contributed by atoms with van der Waals surface area (Å²) in [6.45, 7) is 6.59. The van der Waals surface area contributed by atoms with E-state index in [0.29, 0.717) is 0 Å². The first-order valence-electron chi connectivity index (χ1n) is 7.54. The Labute approximate surface area is 131 Å². The minimum absolute atomic E-state index is 0.0191. The zero-order chi connectivity index (χ0) is 15.7. The lowest BCUT2D eigenvalue weighted by molar-refractivity contribution is 0.415. The average Bonchev–Trinajstić information content (AvgIpc) is 2.53. The Kier molecular flexibility index (Phi) is 3.61. The van der Waals surface area contributed by atoms with Gasteiger partial charge < -0.3 is 4.74 Å². The summed E-state index contributed by atoms with van der Waals surface area (Å²) in [6, 6.07) is 18.7. The number of benzene rings is 2. The number of para-hydroxylation sites is 1. The summed E-state index contributed by atoms with van der Waals surface area (Å²) in [7, 11) is 1.69. The number of fused-ring (bicyclic) bond motifs is 1. The van der Waals surface area contributed by atoms with Crippen molar-refractivity contribution in [3.05, 3.63) is 60.3 Å². The van der Waals surface area contributed by atoms with Crippen molar-refractivity contribution in [1.82, 2.24) is 4.98 Å². The van der Waals surface area contributed by atoms with E-state index in [2.05, 4.69) is 57.2 Å². The van der Waals surface area contributed by atoms with Crippen molar-refractivity contribution in [3.8, 4) is 16.9 Å². The quantitative estimate of drug-likeness (QED) is 0.646. The Bertz CT molecular complexity index is 798. The maximum absolute atomic E-state index is 5.26. The maximum atomic E-state index is 5.26. The van der Waals surface area contributed by atoms with Gasteiger partial charge >= 0.3 is 0 Å². The molecular weight excluding hydrogens is 270 g/mol. The first kappa shape index (κ1) is 14.6. The number of nitrogens with zero attached hydrogens (tertiary/aromatic N) is 1. The molecular formula is C20H21NO. The molecule has 0 bridgehead atoms. The summed E-state index contributed by atoms with van der Waals surface area (Å²) in [6.07, 6.45) is 0. The SMILES string of the molecule is COc1ccc(-c2cc(C(C)(C)C)nc3ccccc23)cc1. The molecule has 1 heterocycles. The van der Waals surface area contributed by atoms with Gasteiger partial charge in [0.1, 0.15) is 5.75 Å². The minimum Gasteiger partial charge on any atom is -0.497 e. The van der Waals surface area contributed by atoms with E-state index in [0.717, 1.165) is 17.0 Å². The van der Waals surface area contributed by atoms with Crippen LogP contribution in [0.5, 0.6) is 5.75 Å². The largest absolute Gasteiger partial charge is 0.497 e. The Morgan fingerprint density at radius 1 is 0.909 bits per heavy atom. The number of hydrogen-bond donors (Lipinski definition) is 0. The molecule has 0 amide bonds. The van der Waals surface area contributed by atoms with Gasteiger partial charge in [0.15, 0.2) is 0 Å². The van der Waals surface area contributed by atoms with Crippen LogP contribution in [0.3, 0.4) is 0 Å². The van der Waals surface area contributed by atoms with Crippen LogP contribution in [0.4, 0.5) is 0 Å². The highest BCUT2D eigenvalue weighted by Gasteiger charge is 2.18. The molecule has 1 aromatic heterocycles. The van der Waals surface area contributed by atoms with Gasteiger partial charge in [0, 0.05) is 16.5 Å². The normalized spacial score (nSPS) is 11.6. The molecule has 0 saturated heterocycles. The number of methoxy groups -OCH3 is 1. The van der Waals surface area contributed by atoms with E-state index >= 15 is 0 Å². The molecule has 2 aromatic carbocycles. The molecule has 0 spiro atoms. The smallest absolute Gasteiger partial charge is 0.118 e. The van der Waals surface area contributed by atoms with E-state index in [4.69, 9.17) is 9.72 Å². The van der Waals surface area contributed by atoms with E-state index in [9.17, 15) is 0 Å². The van der Waals surface area contributed by atoms with Gasteiger partial charge in [0.2, 0.25) is 0 Å². The molecule has 3 aromatic rings. The van der Waals surface area contributed by atoms with Crippen LogP contribution in [-0.2, 0) is 5.41 Å². The second-order valence-corrected chi connectivity index (χ2v) is 6.55. The van der Waals surface area contributed by atoms with Crippen LogP contribution in [0.25, 0.3) is 22.0 Å². The van der Waals surface area contributed by atoms with Gasteiger partial charge in [-0.05, 0) is 35.4 Å². The zero-order valence-electron chi connectivity index (χ0n) is 13.6. The molecule has 22 heavy (non-hydrogen) atoms. The van der Waals surface area contributed by atoms with E-state index in [1.165, 1.54) is 16.5 Å². The van der Waals surface area contributed by atoms with Gasteiger partial charge in [-0.3, -0.25) is 4.98 Å². The topological polar surface area (TPSA) is 22.1 Å². The Morgan fingerprint density at radius 3 is 2.23 bits per heavy atom. The van der Waals surface area contributed by atoms with Crippen LogP contribution in [-0.4, -0.2) is 12.1 Å². The van der Waals surface area contributed by atoms with Gasteiger partial charge in [-0.25, -0.2) is 0 Å². The molecule has 0 aliphatic heterocycles. The number of rotatable bonds is 2. The molecule has 0 unspecified atom stereocenters. The van der Waals surface area contributed by atoms with Crippen molar-refractivity contribution in [1.29, 1.82) is 0 Å². The van der Waals surface area contributed by atoms with Crippen LogP contribution in [0.2, 0.25) is 0 Å². The molecule has 0 aliphatic rings. The summed E-state index contributed by atoms with van der Waals surface area (Å²) in [5.74, 6) is 0.873. The summed E-state index contributed by atoms with van der Waals surface area (Å²) in [5, 5.41) is 1.18. The Morgan fingerprint density at radius 2 is 1.59 bits per heavy atom. The summed E-state index contributed by atoms with van der Waals surface area (Å²) in [4.78, 5) is 4.84. The highest BCUT2D eigenvalue weighted by molar-refractivity contribution is 5.94. The average molecular weight is 291 g/mol. The molecule has 2 nitrogen and oxygen atoms in total. The molecule has 0 radical (unpaired) electrons. The number of aromatic nitrogens is 1. The first-order chi connectivity index (χ1) is 10.5. The first-order valence-corrected chi connectivity index (χ1v) is 7.54. The lowest BCUT2D eigenvalue weighted by Gasteiger charge is -2.20. The molecule has 0 aliphatic carbocycles. The third-order valence-electron chi connectivity index (χ3n) is 3.89. The predicted octanol–water partition coefficient (Wildman–Crippen LogP) is 5.21. The van der Waals surface area contributed by atoms with Crippen molar-refractivity contribution >= 4 is 10.9 Å². The van der Waals surface area contributed by atoms with E-state index in [-0.39, 0.29) is 5.41 Å². The van der Waals surface area contributed by atoms with Gasteiger partial charge in [0.25, 0.3) is 0 Å². The molecule has 0 atom stereocenters. The molecule has 3 rings (SSSR count). The molecule has 112 valence electrons. The monoisotopic (exact) mass is 291 g/mol.